The summed E-state index contributed by atoms with van der Waals surface area (Å²) in [4.78, 5) is 14.0. The Morgan fingerprint density at radius 1 is 1.85 bits per heavy atom. The summed E-state index contributed by atoms with van der Waals surface area (Å²) >= 11 is 0. The number of nitro groups is 1. The fourth-order valence-corrected chi connectivity index (χ4v) is 0.961. The van der Waals surface area contributed by atoms with Crippen LogP contribution < -0.4 is 0 Å². The van der Waals surface area contributed by atoms with Crippen molar-refractivity contribution in [1.29, 1.82) is 0 Å². The summed E-state index contributed by atoms with van der Waals surface area (Å²) in [5, 5.41) is 10.5. The molecule has 13 heavy (non-hydrogen) atoms. The average Bonchev–Trinajstić information content (AvgIpc) is 2.46. The molecule has 5 heteroatoms. The molecule has 1 heterocycles. The Labute approximate surface area is 75.9 Å². The maximum Gasteiger partial charge on any atom is 0.248 e. The Kier molecular flexibility index (Phi) is 2.79. The Balaban J connectivity index is 2.98. The largest absolute Gasteiger partial charge is 0.334 e. The second-order valence-corrected chi connectivity index (χ2v) is 2.68. The van der Waals surface area contributed by atoms with Crippen LogP contribution in [-0.2, 0) is 7.05 Å². The van der Waals surface area contributed by atoms with Crippen LogP contribution in [0.15, 0.2) is 18.2 Å². The average molecular weight is 181 g/mol. The predicted octanol–water partition coefficient (Wildman–Crippen LogP) is 1.45. The third-order valence-corrected chi connectivity index (χ3v) is 1.77. The Bertz CT molecular complexity index is 341. The topological polar surface area (TPSA) is 61.0 Å². The summed E-state index contributed by atoms with van der Waals surface area (Å²) in [5.74, 6) is 0. The van der Waals surface area contributed by atoms with Crippen LogP contribution in [0.1, 0.15) is 19.0 Å². The van der Waals surface area contributed by atoms with E-state index in [2.05, 4.69) is 4.98 Å². The Morgan fingerprint density at radius 2 is 2.54 bits per heavy atom. The second-order valence-electron chi connectivity index (χ2n) is 2.68. The van der Waals surface area contributed by atoms with Gasteiger partial charge in [-0.15, -0.1) is 0 Å². The van der Waals surface area contributed by atoms with E-state index in [4.69, 9.17) is 0 Å². The highest BCUT2D eigenvalue weighted by molar-refractivity contribution is 5.45. The van der Waals surface area contributed by atoms with Gasteiger partial charge in [0, 0.05) is 19.5 Å². The highest BCUT2D eigenvalue weighted by Crippen LogP contribution is 2.08. The van der Waals surface area contributed by atoms with Gasteiger partial charge >= 0.3 is 0 Å². The van der Waals surface area contributed by atoms with Gasteiger partial charge in [-0.25, -0.2) is 4.98 Å². The summed E-state index contributed by atoms with van der Waals surface area (Å²) in [6.45, 7) is 1.75. The van der Waals surface area contributed by atoms with Crippen LogP contribution in [0.5, 0.6) is 0 Å². The van der Waals surface area contributed by atoms with Gasteiger partial charge in [-0.2, -0.15) is 0 Å². The van der Waals surface area contributed by atoms with E-state index in [1.54, 1.807) is 31.1 Å². The number of allylic oxidation sites excluding steroid dienone is 1. The van der Waals surface area contributed by atoms with Crippen LogP contribution in [0.2, 0.25) is 0 Å². The van der Waals surface area contributed by atoms with Crippen LogP contribution in [0, 0.1) is 10.1 Å². The molecule has 1 aromatic heterocycles. The van der Waals surface area contributed by atoms with E-state index < -0.39 is 0 Å². The van der Waals surface area contributed by atoms with Gasteiger partial charge in [0.25, 0.3) is 0 Å². The first-order valence-electron chi connectivity index (χ1n) is 3.96. The smallest absolute Gasteiger partial charge is 0.248 e. The molecule has 0 saturated carbocycles. The molecule has 0 radical (unpaired) electrons. The van der Waals surface area contributed by atoms with Gasteiger partial charge < -0.3 is 4.57 Å². The Morgan fingerprint density at radius 3 is 2.92 bits per heavy atom. The monoisotopic (exact) mass is 181 g/mol. The molecular weight excluding hydrogens is 170 g/mol. The van der Waals surface area contributed by atoms with Crippen molar-refractivity contribution in [3.63, 3.8) is 0 Å². The summed E-state index contributed by atoms with van der Waals surface area (Å²) in [7, 11) is 1.80. The molecule has 1 rings (SSSR count). The molecular formula is C8H11N3O2. The molecule has 5 nitrogen and oxygen atoms in total. The molecule has 0 N–H and O–H groups in total. The number of aromatic nitrogens is 2. The number of aryl methyl sites for hydroxylation is 1. The highest BCUT2D eigenvalue weighted by Gasteiger charge is 2.08. The first kappa shape index (κ1) is 9.44. The molecule has 0 fully saturated rings. The second kappa shape index (κ2) is 3.84. The third kappa shape index (κ3) is 2.14. The molecule has 0 aliphatic carbocycles. The lowest BCUT2D eigenvalue weighted by Crippen LogP contribution is -1.98. The van der Waals surface area contributed by atoms with Gasteiger partial charge in [-0.3, -0.25) is 10.1 Å². The summed E-state index contributed by atoms with van der Waals surface area (Å²) in [6, 6.07) is 0. The first-order chi connectivity index (χ1) is 6.15. The predicted molar refractivity (Wildman–Crippen MR) is 48.5 cm³/mol. The molecule has 0 amide bonds. The number of nitrogens with zero attached hydrogens (tertiary/aromatic N) is 3. The van der Waals surface area contributed by atoms with Gasteiger partial charge in [0.2, 0.25) is 5.70 Å². The summed E-state index contributed by atoms with van der Waals surface area (Å²) in [6.07, 6.45) is 5.16. The first-order valence-corrected chi connectivity index (χ1v) is 3.96. The molecule has 0 unspecified atom stereocenters. The van der Waals surface area contributed by atoms with E-state index in [0.29, 0.717) is 6.42 Å². The van der Waals surface area contributed by atoms with Crippen molar-refractivity contribution in [3.05, 3.63) is 34.0 Å². The van der Waals surface area contributed by atoms with Gasteiger partial charge in [0.05, 0.1) is 23.1 Å². The van der Waals surface area contributed by atoms with Crippen LogP contribution in [-0.4, -0.2) is 14.5 Å². The number of imidazole rings is 1. The van der Waals surface area contributed by atoms with Gasteiger partial charge in [-0.1, -0.05) is 6.92 Å². The minimum Gasteiger partial charge on any atom is -0.334 e. The van der Waals surface area contributed by atoms with Crippen molar-refractivity contribution in [2.75, 3.05) is 0 Å². The molecule has 0 atom stereocenters. The van der Waals surface area contributed by atoms with Crippen molar-refractivity contribution < 1.29 is 4.92 Å². The van der Waals surface area contributed by atoms with E-state index >= 15 is 0 Å². The fourth-order valence-electron chi connectivity index (χ4n) is 0.961. The van der Waals surface area contributed by atoms with E-state index in [1.807, 2.05) is 0 Å². The van der Waals surface area contributed by atoms with Crippen molar-refractivity contribution in [3.8, 4) is 0 Å². The fraction of sp³-hybridized carbons (Fsp3) is 0.375. The van der Waals surface area contributed by atoms with Crippen molar-refractivity contribution in [2.24, 2.45) is 7.05 Å². The zero-order valence-corrected chi connectivity index (χ0v) is 7.60. The lowest BCUT2D eigenvalue weighted by molar-refractivity contribution is -0.425. The van der Waals surface area contributed by atoms with Crippen LogP contribution >= 0.6 is 0 Å². The summed E-state index contributed by atoms with van der Waals surface area (Å²) in [5.41, 5.74) is 0.942. The molecule has 0 saturated heterocycles. The molecule has 0 spiro atoms. The lowest BCUT2D eigenvalue weighted by atomic mass is 10.3. The van der Waals surface area contributed by atoms with Gasteiger partial charge in [-0.05, 0) is 0 Å². The van der Waals surface area contributed by atoms with Crippen molar-refractivity contribution in [1.82, 2.24) is 9.55 Å². The molecule has 0 aromatic carbocycles. The number of rotatable bonds is 3. The zero-order chi connectivity index (χ0) is 9.84. The van der Waals surface area contributed by atoms with Crippen molar-refractivity contribution >= 4 is 6.08 Å². The van der Waals surface area contributed by atoms with Gasteiger partial charge in [0.1, 0.15) is 0 Å². The molecule has 1 aromatic rings. The van der Waals surface area contributed by atoms with Crippen molar-refractivity contribution in [2.45, 2.75) is 13.3 Å². The minimum absolute atomic E-state index is 0.198. The quantitative estimate of drug-likeness (QED) is 0.523. The number of hydrogen-bond acceptors (Lipinski definition) is 3. The summed E-state index contributed by atoms with van der Waals surface area (Å²) < 4.78 is 1.74. The maximum absolute atomic E-state index is 10.5. The van der Waals surface area contributed by atoms with E-state index in [9.17, 15) is 10.1 Å². The molecule has 70 valence electrons. The van der Waals surface area contributed by atoms with E-state index in [1.165, 1.54) is 6.08 Å². The highest BCUT2D eigenvalue weighted by atomic mass is 16.6. The van der Waals surface area contributed by atoms with Crippen LogP contribution in [0.3, 0.4) is 0 Å². The SMILES string of the molecule is CCC(=Cc1cncn1C)[N+](=O)[O-]. The van der Waals surface area contributed by atoms with Gasteiger partial charge in [0.15, 0.2) is 0 Å². The molecule has 0 bridgehead atoms. The standard InChI is InChI=1S/C8H11N3O2/c1-3-7(11(12)13)4-8-5-9-6-10(8)2/h4-6H,3H2,1-2H3. The zero-order valence-electron chi connectivity index (χ0n) is 7.60. The molecule has 0 aliphatic heterocycles. The third-order valence-electron chi connectivity index (χ3n) is 1.77. The maximum atomic E-state index is 10.5. The van der Waals surface area contributed by atoms with Crippen LogP contribution in [0.25, 0.3) is 6.08 Å². The lowest BCUT2D eigenvalue weighted by Gasteiger charge is -1.95. The van der Waals surface area contributed by atoms with E-state index in [0.717, 1.165) is 5.69 Å². The minimum atomic E-state index is -0.368. The normalized spacial score (nSPS) is 11.7. The van der Waals surface area contributed by atoms with Crippen LogP contribution in [0.4, 0.5) is 0 Å². The molecule has 0 aliphatic rings. The number of hydrogen-bond donors (Lipinski definition) is 0. The Hall–Kier alpha value is -1.65. The van der Waals surface area contributed by atoms with E-state index in [-0.39, 0.29) is 10.6 Å².